The maximum atomic E-state index is 11.8. The van der Waals surface area contributed by atoms with E-state index in [0.29, 0.717) is 6.04 Å². The van der Waals surface area contributed by atoms with Gasteiger partial charge in [-0.3, -0.25) is 4.79 Å². The maximum Gasteiger partial charge on any atom is 0.258 e. The number of nitrogens with one attached hydrogen (secondary N) is 2. The number of aryl methyl sites for hydroxylation is 1. The molecule has 1 amide bonds. The molecule has 2 rings (SSSR count). The summed E-state index contributed by atoms with van der Waals surface area (Å²) >= 11 is 0. The van der Waals surface area contributed by atoms with E-state index in [1.54, 1.807) is 0 Å². The first kappa shape index (κ1) is 14.9. The Morgan fingerprint density at radius 2 is 2.00 bits per heavy atom. The van der Waals surface area contributed by atoms with Gasteiger partial charge in [-0.05, 0) is 50.0 Å². The average Bonchev–Trinajstić information content (AvgIpc) is 2.48. The zero-order valence-electron chi connectivity index (χ0n) is 12.2. The Kier molecular flexibility index (Phi) is 5.87. The highest BCUT2D eigenvalue weighted by Crippen LogP contribution is 2.13. The Bertz CT molecular complexity index is 411. The van der Waals surface area contributed by atoms with Crippen LogP contribution >= 0.6 is 0 Å². The highest BCUT2D eigenvalue weighted by molar-refractivity contribution is 5.77. The molecule has 0 bridgehead atoms. The molecule has 1 heterocycles. The van der Waals surface area contributed by atoms with Crippen LogP contribution in [0, 0.1) is 0 Å². The Morgan fingerprint density at radius 3 is 2.65 bits per heavy atom. The molecule has 4 nitrogen and oxygen atoms in total. The van der Waals surface area contributed by atoms with Crippen molar-refractivity contribution in [2.75, 3.05) is 19.7 Å². The van der Waals surface area contributed by atoms with E-state index in [4.69, 9.17) is 4.74 Å². The standard InChI is InChI=1S/C16H24N2O2/c1-2-3-13-4-6-15(7-5-13)20-12-16(19)18-14-8-10-17-11-9-14/h4-7,14,17H,2-3,8-12H2,1H3,(H,18,19). The lowest BCUT2D eigenvalue weighted by Crippen LogP contribution is -2.44. The Labute approximate surface area is 120 Å². The molecular weight excluding hydrogens is 252 g/mol. The lowest BCUT2D eigenvalue weighted by molar-refractivity contribution is -0.123. The van der Waals surface area contributed by atoms with Gasteiger partial charge in [-0.25, -0.2) is 0 Å². The summed E-state index contributed by atoms with van der Waals surface area (Å²) in [5.74, 6) is 0.722. The van der Waals surface area contributed by atoms with E-state index >= 15 is 0 Å². The van der Waals surface area contributed by atoms with Gasteiger partial charge in [0.05, 0.1) is 0 Å². The first-order chi connectivity index (χ1) is 9.78. The zero-order chi connectivity index (χ0) is 14.2. The van der Waals surface area contributed by atoms with Gasteiger partial charge in [0, 0.05) is 6.04 Å². The summed E-state index contributed by atoms with van der Waals surface area (Å²) in [6, 6.07) is 8.28. The number of rotatable bonds is 6. The highest BCUT2D eigenvalue weighted by atomic mass is 16.5. The molecule has 1 saturated heterocycles. The smallest absolute Gasteiger partial charge is 0.258 e. The summed E-state index contributed by atoms with van der Waals surface area (Å²) in [7, 11) is 0. The van der Waals surface area contributed by atoms with Crippen LogP contribution < -0.4 is 15.4 Å². The second kappa shape index (κ2) is 7.90. The maximum absolute atomic E-state index is 11.8. The van der Waals surface area contributed by atoms with Gasteiger partial charge in [0.2, 0.25) is 0 Å². The molecular formula is C16H24N2O2. The van der Waals surface area contributed by atoms with Gasteiger partial charge in [0.25, 0.3) is 5.91 Å². The van der Waals surface area contributed by atoms with Crippen molar-refractivity contribution in [3.05, 3.63) is 29.8 Å². The lowest BCUT2D eigenvalue weighted by Gasteiger charge is -2.23. The van der Waals surface area contributed by atoms with E-state index in [9.17, 15) is 4.79 Å². The van der Waals surface area contributed by atoms with Crippen LogP contribution in [0.2, 0.25) is 0 Å². The minimum absolute atomic E-state index is 0.0328. The van der Waals surface area contributed by atoms with E-state index < -0.39 is 0 Å². The molecule has 1 aliphatic heterocycles. The van der Waals surface area contributed by atoms with Crippen molar-refractivity contribution in [3.63, 3.8) is 0 Å². The third-order valence-electron chi connectivity index (χ3n) is 3.54. The number of carbonyl (C=O) groups is 1. The summed E-state index contributed by atoms with van der Waals surface area (Å²) in [6.45, 7) is 4.21. The number of hydrogen-bond acceptors (Lipinski definition) is 3. The Morgan fingerprint density at radius 1 is 1.30 bits per heavy atom. The quantitative estimate of drug-likeness (QED) is 0.834. The summed E-state index contributed by atoms with van der Waals surface area (Å²) in [5, 5.41) is 6.30. The van der Waals surface area contributed by atoms with Crippen LogP contribution in [0.1, 0.15) is 31.7 Å². The number of amides is 1. The number of benzene rings is 1. The molecule has 1 aromatic carbocycles. The van der Waals surface area contributed by atoms with Crippen molar-refractivity contribution in [3.8, 4) is 5.75 Å². The fraction of sp³-hybridized carbons (Fsp3) is 0.562. The number of carbonyl (C=O) groups excluding carboxylic acids is 1. The van der Waals surface area contributed by atoms with Crippen LogP contribution in [-0.2, 0) is 11.2 Å². The van der Waals surface area contributed by atoms with E-state index in [0.717, 1.165) is 44.5 Å². The van der Waals surface area contributed by atoms with Crippen molar-refractivity contribution in [1.29, 1.82) is 0 Å². The first-order valence-corrected chi connectivity index (χ1v) is 7.49. The third kappa shape index (κ3) is 4.85. The van der Waals surface area contributed by atoms with Crippen LogP contribution in [0.3, 0.4) is 0 Å². The molecule has 4 heteroatoms. The van der Waals surface area contributed by atoms with Crippen molar-refractivity contribution in [2.45, 2.75) is 38.6 Å². The van der Waals surface area contributed by atoms with Gasteiger partial charge in [0.15, 0.2) is 6.61 Å². The summed E-state index contributed by atoms with van der Waals surface area (Å²) in [6.07, 6.45) is 4.21. The summed E-state index contributed by atoms with van der Waals surface area (Å²) in [5.41, 5.74) is 1.30. The SMILES string of the molecule is CCCc1ccc(OCC(=O)NC2CCNCC2)cc1. The molecule has 0 aliphatic carbocycles. The highest BCUT2D eigenvalue weighted by Gasteiger charge is 2.15. The van der Waals surface area contributed by atoms with Crippen LogP contribution in [0.25, 0.3) is 0 Å². The zero-order valence-corrected chi connectivity index (χ0v) is 12.2. The first-order valence-electron chi connectivity index (χ1n) is 7.49. The van der Waals surface area contributed by atoms with E-state index in [-0.39, 0.29) is 12.5 Å². The molecule has 0 unspecified atom stereocenters. The second-order valence-corrected chi connectivity index (χ2v) is 5.27. The van der Waals surface area contributed by atoms with Crippen LogP contribution in [0.5, 0.6) is 5.75 Å². The molecule has 1 aliphatic rings. The lowest BCUT2D eigenvalue weighted by atomic mass is 10.1. The monoisotopic (exact) mass is 276 g/mol. The largest absolute Gasteiger partial charge is 0.484 e. The van der Waals surface area contributed by atoms with Crippen molar-refractivity contribution < 1.29 is 9.53 Å². The fourth-order valence-electron chi connectivity index (χ4n) is 2.43. The predicted molar refractivity (Wildman–Crippen MR) is 80.0 cm³/mol. The molecule has 0 spiro atoms. The topological polar surface area (TPSA) is 50.4 Å². The third-order valence-corrected chi connectivity index (χ3v) is 3.54. The van der Waals surface area contributed by atoms with Crippen LogP contribution in [0.4, 0.5) is 0 Å². The number of hydrogen-bond donors (Lipinski definition) is 2. The predicted octanol–water partition coefficient (Wildman–Crippen LogP) is 1.89. The Balaban J connectivity index is 1.72. The van der Waals surface area contributed by atoms with Crippen molar-refractivity contribution in [2.24, 2.45) is 0 Å². The van der Waals surface area contributed by atoms with Crippen LogP contribution in [-0.4, -0.2) is 31.6 Å². The minimum atomic E-state index is -0.0328. The molecule has 0 atom stereocenters. The van der Waals surface area contributed by atoms with Gasteiger partial charge in [0.1, 0.15) is 5.75 Å². The molecule has 0 saturated carbocycles. The van der Waals surface area contributed by atoms with Gasteiger partial charge in [-0.1, -0.05) is 25.5 Å². The van der Waals surface area contributed by atoms with Crippen molar-refractivity contribution >= 4 is 5.91 Å². The van der Waals surface area contributed by atoms with Gasteiger partial charge < -0.3 is 15.4 Å². The second-order valence-electron chi connectivity index (χ2n) is 5.27. The molecule has 2 N–H and O–H groups in total. The van der Waals surface area contributed by atoms with Gasteiger partial charge in [-0.15, -0.1) is 0 Å². The molecule has 1 aromatic rings. The van der Waals surface area contributed by atoms with E-state index in [1.165, 1.54) is 5.56 Å². The van der Waals surface area contributed by atoms with Gasteiger partial charge >= 0.3 is 0 Å². The molecule has 1 fully saturated rings. The molecule has 0 radical (unpaired) electrons. The van der Waals surface area contributed by atoms with E-state index in [2.05, 4.69) is 29.7 Å². The fourth-order valence-corrected chi connectivity index (χ4v) is 2.43. The number of ether oxygens (including phenoxy) is 1. The molecule has 110 valence electrons. The normalized spacial score (nSPS) is 15.8. The van der Waals surface area contributed by atoms with Gasteiger partial charge in [-0.2, -0.15) is 0 Å². The van der Waals surface area contributed by atoms with E-state index in [1.807, 2.05) is 12.1 Å². The van der Waals surface area contributed by atoms with Crippen molar-refractivity contribution in [1.82, 2.24) is 10.6 Å². The number of piperidine rings is 1. The molecule has 20 heavy (non-hydrogen) atoms. The summed E-state index contributed by atoms with van der Waals surface area (Å²) < 4.78 is 5.51. The average molecular weight is 276 g/mol. The Hall–Kier alpha value is -1.55. The van der Waals surface area contributed by atoms with Crippen LogP contribution in [0.15, 0.2) is 24.3 Å². The summed E-state index contributed by atoms with van der Waals surface area (Å²) in [4.78, 5) is 11.8. The molecule has 0 aromatic heterocycles. The minimum Gasteiger partial charge on any atom is -0.484 e.